The maximum atomic E-state index is 13.1. The van der Waals surface area contributed by atoms with Crippen LogP contribution in [0.4, 0.5) is 0 Å². The number of carbonyl (C=O) groups excluding carboxylic acids is 1. The van der Waals surface area contributed by atoms with Crippen molar-refractivity contribution in [1.82, 2.24) is 19.6 Å². The quantitative estimate of drug-likeness (QED) is 0.555. The molecule has 2 aliphatic rings. The zero-order chi connectivity index (χ0) is 22.1. The number of ether oxygens (including phenoxy) is 1. The van der Waals surface area contributed by atoms with E-state index in [0.717, 1.165) is 73.1 Å². The molecule has 0 bridgehead atoms. The average Bonchev–Trinajstić information content (AvgIpc) is 3.21. The second-order valence-corrected chi connectivity index (χ2v) is 8.94. The molecule has 0 N–H and O–H groups in total. The van der Waals surface area contributed by atoms with Gasteiger partial charge in [-0.25, -0.2) is 9.48 Å². The van der Waals surface area contributed by atoms with Gasteiger partial charge in [0.05, 0.1) is 11.4 Å². The SMILES string of the molecule is CN1CCN(CCOC(=O)c2nn(-c3ccccc3)c3c2CCc2cc(Cl)ccc2-3)CC1. The summed E-state index contributed by atoms with van der Waals surface area (Å²) >= 11 is 6.24. The Morgan fingerprint density at radius 2 is 1.84 bits per heavy atom. The van der Waals surface area contributed by atoms with E-state index in [1.54, 1.807) is 0 Å². The predicted octanol–water partition coefficient (Wildman–Crippen LogP) is 3.70. The molecular formula is C25H27ClN4O2. The molecule has 5 rings (SSSR count). The molecule has 6 nitrogen and oxygen atoms in total. The first-order chi connectivity index (χ1) is 15.6. The van der Waals surface area contributed by atoms with Gasteiger partial charge in [0, 0.05) is 48.9 Å². The van der Waals surface area contributed by atoms with Gasteiger partial charge in [0.2, 0.25) is 0 Å². The molecule has 3 aromatic rings. The molecule has 32 heavy (non-hydrogen) atoms. The van der Waals surface area contributed by atoms with Crippen LogP contribution >= 0.6 is 11.6 Å². The number of esters is 1. The summed E-state index contributed by atoms with van der Waals surface area (Å²) in [5.41, 5.74) is 5.50. The normalized spacial score (nSPS) is 16.4. The van der Waals surface area contributed by atoms with Crippen molar-refractivity contribution in [3.05, 3.63) is 70.4 Å². The zero-order valence-corrected chi connectivity index (χ0v) is 19.0. The molecule has 0 spiro atoms. The van der Waals surface area contributed by atoms with E-state index in [9.17, 15) is 4.79 Å². The highest BCUT2D eigenvalue weighted by molar-refractivity contribution is 6.30. The molecule has 0 radical (unpaired) electrons. The molecule has 1 aliphatic carbocycles. The number of hydrogen-bond donors (Lipinski definition) is 0. The van der Waals surface area contributed by atoms with Gasteiger partial charge in [0.25, 0.3) is 0 Å². The van der Waals surface area contributed by atoms with E-state index >= 15 is 0 Å². The van der Waals surface area contributed by atoms with E-state index in [0.29, 0.717) is 12.3 Å². The van der Waals surface area contributed by atoms with E-state index in [1.807, 2.05) is 53.2 Å². The first-order valence-electron chi connectivity index (χ1n) is 11.1. The Hall–Kier alpha value is -2.67. The second-order valence-electron chi connectivity index (χ2n) is 8.51. The number of aryl methyl sites for hydroxylation is 1. The summed E-state index contributed by atoms with van der Waals surface area (Å²) in [6.07, 6.45) is 1.56. The lowest BCUT2D eigenvalue weighted by molar-refractivity contribution is 0.0424. The van der Waals surface area contributed by atoms with Gasteiger partial charge in [0.15, 0.2) is 5.69 Å². The molecule has 0 amide bonds. The predicted molar refractivity (Wildman–Crippen MR) is 126 cm³/mol. The number of aromatic nitrogens is 2. The summed E-state index contributed by atoms with van der Waals surface area (Å²) in [7, 11) is 2.13. The molecule has 1 aliphatic heterocycles. The third-order valence-corrected chi connectivity index (χ3v) is 6.62. The zero-order valence-electron chi connectivity index (χ0n) is 18.3. The van der Waals surface area contributed by atoms with E-state index in [1.165, 1.54) is 5.56 Å². The highest BCUT2D eigenvalue weighted by atomic mass is 35.5. The van der Waals surface area contributed by atoms with Crippen LogP contribution in [0.15, 0.2) is 48.5 Å². The summed E-state index contributed by atoms with van der Waals surface area (Å²) in [5.74, 6) is -0.345. The Morgan fingerprint density at radius 1 is 1.06 bits per heavy atom. The fourth-order valence-corrected chi connectivity index (χ4v) is 4.75. The minimum Gasteiger partial charge on any atom is -0.460 e. The van der Waals surface area contributed by atoms with Gasteiger partial charge in [-0.05, 0) is 49.7 Å². The van der Waals surface area contributed by atoms with Gasteiger partial charge < -0.3 is 9.64 Å². The second kappa shape index (κ2) is 9.06. The van der Waals surface area contributed by atoms with Crippen molar-refractivity contribution in [2.24, 2.45) is 0 Å². The maximum Gasteiger partial charge on any atom is 0.359 e. The van der Waals surface area contributed by atoms with E-state index in [2.05, 4.69) is 16.8 Å². The van der Waals surface area contributed by atoms with E-state index in [-0.39, 0.29) is 5.97 Å². The lowest BCUT2D eigenvalue weighted by Crippen LogP contribution is -2.45. The molecule has 0 atom stereocenters. The van der Waals surface area contributed by atoms with E-state index < -0.39 is 0 Å². The van der Waals surface area contributed by atoms with Gasteiger partial charge in [-0.3, -0.25) is 4.90 Å². The van der Waals surface area contributed by atoms with Crippen LogP contribution in [-0.4, -0.2) is 71.9 Å². The van der Waals surface area contributed by atoms with Crippen molar-refractivity contribution in [2.75, 3.05) is 46.4 Å². The summed E-state index contributed by atoms with van der Waals surface area (Å²) in [4.78, 5) is 17.7. The topological polar surface area (TPSA) is 50.6 Å². The summed E-state index contributed by atoms with van der Waals surface area (Å²) < 4.78 is 7.56. The Kier molecular flexibility index (Phi) is 6.00. The fourth-order valence-electron chi connectivity index (χ4n) is 4.55. The number of halogens is 1. The lowest BCUT2D eigenvalue weighted by Gasteiger charge is -2.31. The number of para-hydroxylation sites is 1. The fraction of sp³-hybridized carbons (Fsp3) is 0.360. The molecule has 7 heteroatoms. The van der Waals surface area contributed by atoms with Crippen LogP contribution in [0.1, 0.15) is 21.6 Å². The Bertz CT molecular complexity index is 1120. The number of carbonyl (C=O) groups is 1. The molecule has 2 aromatic carbocycles. The summed E-state index contributed by atoms with van der Waals surface area (Å²) in [6, 6.07) is 15.9. The van der Waals surface area contributed by atoms with Crippen molar-refractivity contribution >= 4 is 17.6 Å². The third kappa shape index (κ3) is 4.18. The number of rotatable bonds is 5. The van der Waals surface area contributed by atoms with Crippen LogP contribution in [0.5, 0.6) is 0 Å². The molecule has 1 fully saturated rings. The number of likely N-dealkylation sites (N-methyl/N-ethyl adjacent to an activating group) is 1. The van der Waals surface area contributed by atoms with Crippen LogP contribution in [0.2, 0.25) is 5.02 Å². The molecule has 2 heterocycles. The van der Waals surface area contributed by atoms with Crippen molar-refractivity contribution in [3.8, 4) is 16.9 Å². The monoisotopic (exact) mass is 450 g/mol. The Balaban J connectivity index is 1.42. The first-order valence-corrected chi connectivity index (χ1v) is 11.5. The molecular weight excluding hydrogens is 424 g/mol. The molecule has 166 valence electrons. The minimum absolute atomic E-state index is 0.345. The third-order valence-electron chi connectivity index (χ3n) is 6.38. The molecule has 0 unspecified atom stereocenters. The number of piperazine rings is 1. The van der Waals surface area contributed by atoms with Crippen LogP contribution < -0.4 is 0 Å². The Labute approximate surface area is 193 Å². The van der Waals surface area contributed by atoms with E-state index in [4.69, 9.17) is 21.4 Å². The van der Waals surface area contributed by atoms with Crippen molar-refractivity contribution in [3.63, 3.8) is 0 Å². The molecule has 1 saturated heterocycles. The van der Waals surface area contributed by atoms with Crippen molar-refractivity contribution in [1.29, 1.82) is 0 Å². The standard InChI is InChI=1S/C25H27ClN4O2/c1-28-11-13-29(14-12-28)15-16-32-25(31)23-22-9-7-18-17-19(26)8-10-21(18)24(22)30(27-23)20-5-3-2-4-6-20/h2-6,8,10,17H,7,9,11-16H2,1H3. The number of nitrogens with zero attached hydrogens (tertiary/aromatic N) is 4. The highest BCUT2D eigenvalue weighted by Gasteiger charge is 2.30. The van der Waals surface area contributed by atoms with Crippen LogP contribution in [0.25, 0.3) is 16.9 Å². The van der Waals surface area contributed by atoms with Gasteiger partial charge in [0.1, 0.15) is 6.61 Å². The van der Waals surface area contributed by atoms with Crippen LogP contribution in [0, 0.1) is 0 Å². The maximum absolute atomic E-state index is 13.1. The first kappa shape index (κ1) is 21.2. The van der Waals surface area contributed by atoms with Crippen LogP contribution in [0.3, 0.4) is 0 Å². The summed E-state index contributed by atoms with van der Waals surface area (Å²) in [6.45, 7) is 5.24. The molecule has 1 aromatic heterocycles. The van der Waals surface area contributed by atoms with Crippen molar-refractivity contribution < 1.29 is 9.53 Å². The van der Waals surface area contributed by atoms with Crippen LogP contribution in [-0.2, 0) is 17.6 Å². The van der Waals surface area contributed by atoms with Gasteiger partial charge in [-0.1, -0.05) is 35.9 Å². The van der Waals surface area contributed by atoms with Gasteiger partial charge in [-0.15, -0.1) is 0 Å². The summed E-state index contributed by atoms with van der Waals surface area (Å²) in [5, 5.41) is 5.47. The van der Waals surface area contributed by atoms with Gasteiger partial charge >= 0.3 is 5.97 Å². The smallest absolute Gasteiger partial charge is 0.359 e. The largest absolute Gasteiger partial charge is 0.460 e. The number of benzene rings is 2. The Morgan fingerprint density at radius 3 is 2.62 bits per heavy atom. The highest BCUT2D eigenvalue weighted by Crippen LogP contribution is 2.38. The number of fused-ring (bicyclic) bond motifs is 3. The van der Waals surface area contributed by atoms with Crippen molar-refractivity contribution in [2.45, 2.75) is 12.8 Å². The van der Waals surface area contributed by atoms with Gasteiger partial charge in [-0.2, -0.15) is 5.10 Å². The lowest BCUT2D eigenvalue weighted by atomic mass is 9.89. The average molecular weight is 451 g/mol. The molecule has 0 saturated carbocycles. The number of hydrogen-bond acceptors (Lipinski definition) is 5. The minimum atomic E-state index is -0.345.